The van der Waals surface area contributed by atoms with Crippen LogP contribution in [-0.2, 0) is 4.74 Å². The lowest BCUT2D eigenvalue weighted by molar-refractivity contribution is -0.902. The van der Waals surface area contributed by atoms with Crippen molar-refractivity contribution < 1.29 is 19.5 Å². The maximum atomic E-state index is 12.0. The van der Waals surface area contributed by atoms with Gasteiger partial charge < -0.3 is 9.72 Å². The number of carbonyl (C=O) groups is 1. The number of nitrogens with zero attached hydrogens (tertiary/aromatic N) is 1. The van der Waals surface area contributed by atoms with Gasteiger partial charge in [0.05, 0.1) is 12.0 Å². The molecular formula is C11H10ClN2O4+. The summed E-state index contributed by atoms with van der Waals surface area (Å²) >= 11 is 5.70. The maximum absolute atomic E-state index is 12.0. The van der Waals surface area contributed by atoms with Gasteiger partial charge in [-0.1, -0.05) is 0 Å². The molecule has 0 saturated carbocycles. The van der Waals surface area contributed by atoms with Gasteiger partial charge in [0, 0.05) is 17.0 Å². The number of rotatable bonds is 2. The number of aromatic amines is 1. The van der Waals surface area contributed by atoms with E-state index in [1.54, 1.807) is 6.92 Å². The normalized spacial score (nSPS) is 10.6. The molecule has 0 aliphatic rings. The average molecular weight is 270 g/mol. The van der Waals surface area contributed by atoms with E-state index in [1.807, 2.05) is 0 Å². The van der Waals surface area contributed by atoms with E-state index in [4.69, 9.17) is 16.3 Å². The van der Waals surface area contributed by atoms with Crippen LogP contribution < -0.4 is 10.2 Å². The lowest BCUT2D eigenvalue weighted by Crippen LogP contribution is -2.31. The molecule has 18 heavy (non-hydrogen) atoms. The summed E-state index contributed by atoms with van der Waals surface area (Å²) in [6.45, 7) is 1.83. The van der Waals surface area contributed by atoms with Gasteiger partial charge in [-0.3, -0.25) is 10.0 Å². The predicted molar refractivity (Wildman–Crippen MR) is 62.9 cm³/mol. The molecule has 0 saturated heterocycles. The number of nitrogens with one attached hydrogen (secondary N) is 1. The highest BCUT2D eigenvalue weighted by Gasteiger charge is 2.18. The summed E-state index contributed by atoms with van der Waals surface area (Å²) in [4.78, 5) is 26.3. The van der Waals surface area contributed by atoms with Crippen LogP contribution in [0.1, 0.15) is 17.3 Å². The minimum Gasteiger partial charge on any atom is -0.462 e. The Morgan fingerprint density at radius 1 is 1.61 bits per heavy atom. The molecule has 94 valence electrons. The van der Waals surface area contributed by atoms with Gasteiger partial charge in [-0.2, -0.15) is 0 Å². The van der Waals surface area contributed by atoms with E-state index in [2.05, 4.69) is 4.98 Å². The molecule has 0 amide bonds. The Morgan fingerprint density at radius 3 is 3.00 bits per heavy atom. The maximum Gasteiger partial charge on any atom is 0.343 e. The first-order valence-corrected chi connectivity index (χ1v) is 5.55. The van der Waals surface area contributed by atoms with Crippen molar-refractivity contribution in [3.8, 4) is 0 Å². The number of pyridine rings is 2. The number of esters is 1. The molecule has 2 N–H and O–H groups in total. The molecule has 2 heterocycles. The third kappa shape index (κ3) is 2.02. The van der Waals surface area contributed by atoms with Crippen molar-refractivity contribution >= 4 is 28.5 Å². The molecule has 0 unspecified atom stereocenters. The van der Waals surface area contributed by atoms with Gasteiger partial charge in [0.2, 0.25) is 11.6 Å². The first-order valence-electron chi connectivity index (χ1n) is 5.17. The molecular weight excluding hydrogens is 260 g/mol. The van der Waals surface area contributed by atoms with Crippen LogP contribution in [0, 0.1) is 0 Å². The van der Waals surface area contributed by atoms with E-state index in [1.165, 1.54) is 18.5 Å². The van der Waals surface area contributed by atoms with Gasteiger partial charge in [-0.05, 0) is 18.5 Å². The summed E-state index contributed by atoms with van der Waals surface area (Å²) in [5.41, 5.74) is -0.235. The molecule has 0 radical (unpaired) electrons. The van der Waals surface area contributed by atoms with Crippen LogP contribution in [0.5, 0.6) is 0 Å². The average Bonchev–Trinajstić information content (AvgIpc) is 2.32. The van der Waals surface area contributed by atoms with Crippen molar-refractivity contribution in [3.63, 3.8) is 0 Å². The molecule has 7 heteroatoms. The number of H-pyrrole nitrogens is 1. The molecule has 2 aromatic heterocycles. The van der Waals surface area contributed by atoms with E-state index in [0.717, 1.165) is 0 Å². The first kappa shape index (κ1) is 12.4. The van der Waals surface area contributed by atoms with E-state index in [0.29, 0.717) is 10.2 Å². The Kier molecular flexibility index (Phi) is 3.20. The van der Waals surface area contributed by atoms with Crippen molar-refractivity contribution in [1.82, 2.24) is 4.98 Å². The van der Waals surface area contributed by atoms with Crippen molar-refractivity contribution in [2.24, 2.45) is 0 Å². The number of hydrogen-bond donors (Lipinski definition) is 2. The van der Waals surface area contributed by atoms with Crippen LogP contribution in [0.25, 0.3) is 10.9 Å². The lowest BCUT2D eigenvalue weighted by atomic mass is 10.2. The smallest absolute Gasteiger partial charge is 0.343 e. The van der Waals surface area contributed by atoms with E-state index >= 15 is 0 Å². The van der Waals surface area contributed by atoms with Gasteiger partial charge in [0.1, 0.15) is 11.1 Å². The molecule has 0 aliphatic carbocycles. The summed E-state index contributed by atoms with van der Waals surface area (Å²) in [7, 11) is 0. The molecule has 0 aliphatic heterocycles. The molecule has 0 fully saturated rings. The summed E-state index contributed by atoms with van der Waals surface area (Å²) in [5, 5.41) is 9.51. The first-order chi connectivity index (χ1) is 8.54. The fourth-order valence-electron chi connectivity index (χ4n) is 1.54. The number of carbonyl (C=O) groups excluding carboxylic acids is 1. The van der Waals surface area contributed by atoms with Gasteiger partial charge >= 0.3 is 11.1 Å². The highest BCUT2D eigenvalue weighted by atomic mass is 35.5. The Labute approximate surface area is 106 Å². The minimum atomic E-state index is -0.697. The summed E-state index contributed by atoms with van der Waals surface area (Å²) < 4.78 is 5.44. The molecule has 2 aromatic rings. The standard InChI is InChI=1S/C11H9ClN2O4/c1-2-18-11(16)7-4-13-8-5-14(17)9(12)3-6(8)10(7)15/h3-5H,2H2,1H3,(H-,13,15,16,17)/p+1. The highest BCUT2D eigenvalue weighted by molar-refractivity contribution is 6.29. The van der Waals surface area contributed by atoms with Gasteiger partial charge in [0.15, 0.2) is 0 Å². The highest BCUT2D eigenvalue weighted by Crippen LogP contribution is 2.10. The van der Waals surface area contributed by atoms with E-state index < -0.39 is 11.4 Å². The zero-order valence-electron chi connectivity index (χ0n) is 9.44. The minimum absolute atomic E-state index is 0.0333. The molecule has 0 spiro atoms. The zero-order chi connectivity index (χ0) is 13.3. The monoisotopic (exact) mass is 269 g/mol. The fraction of sp³-hybridized carbons (Fsp3) is 0.182. The summed E-state index contributed by atoms with van der Waals surface area (Å²) in [5.74, 6) is -0.697. The van der Waals surface area contributed by atoms with Gasteiger partial charge in [-0.15, -0.1) is 0 Å². The quantitative estimate of drug-likeness (QED) is 0.367. The Bertz CT molecular complexity index is 681. The van der Waals surface area contributed by atoms with Crippen molar-refractivity contribution in [2.75, 3.05) is 6.61 Å². The second-order valence-electron chi connectivity index (χ2n) is 3.52. The molecule has 6 nitrogen and oxygen atoms in total. The van der Waals surface area contributed by atoms with Crippen LogP contribution in [0.2, 0.25) is 5.15 Å². The zero-order valence-corrected chi connectivity index (χ0v) is 10.2. The number of halogens is 1. The van der Waals surface area contributed by atoms with Crippen LogP contribution in [0.4, 0.5) is 0 Å². The lowest BCUT2D eigenvalue weighted by Gasteiger charge is -2.02. The summed E-state index contributed by atoms with van der Waals surface area (Å²) in [6.07, 6.45) is 2.49. The third-order valence-electron chi connectivity index (χ3n) is 2.38. The molecule has 2 rings (SSSR count). The number of ether oxygens (including phenoxy) is 1. The van der Waals surface area contributed by atoms with Crippen molar-refractivity contribution in [2.45, 2.75) is 6.92 Å². The molecule has 0 atom stereocenters. The van der Waals surface area contributed by atoms with E-state index in [-0.39, 0.29) is 22.7 Å². The van der Waals surface area contributed by atoms with Crippen LogP contribution in [0.15, 0.2) is 23.3 Å². The molecule has 0 aromatic carbocycles. The van der Waals surface area contributed by atoms with E-state index in [9.17, 15) is 14.8 Å². The Balaban J connectivity index is 2.68. The SMILES string of the molecule is CCOC(=O)c1c[nH]c2c[n+](O)c(Cl)cc2c1=O. The number of aromatic nitrogens is 2. The third-order valence-corrected chi connectivity index (χ3v) is 2.66. The Hall–Kier alpha value is -2.08. The van der Waals surface area contributed by atoms with Crippen LogP contribution in [0.3, 0.4) is 0 Å². The number of fused-ring (bicyclic) bond motifs is 1. The second kappa shape index (κ2) is 4.66. The van der Waals surface area contributed by atoms with Gasteiger partial charge in [-0.25, -0.2) is 4.79 Å². The van der Waals surface area contributed by atoms with Crippen molar-refractivity contribution in [1.29, 1.82) is 0 Å². The fourth-order valence-corrected chi connectivity index (χ4v) is 1.70. The predicted octanol–water partition coefficient (Wildman–Crippen LogP) is 0.883. The topological polar surface area (TPSA) is 83.3 Å². The largest absolute Gasteiger partial charge is 0.462 e. The number of hydrogen-bond acceptors (Lipinski definition) is 4. The second-order valence-corrected chi connectivity index (χ2v) is 3.91. The summed E-state index contributed by atoms with van der Waals surface area (Å²) in [6, 6.07) is 1.28. The van der Waals surface area contributed by atoms with Crippen LogP contribution >= 0.6 is 11.6 Å². The Morgan fingerprint density at radius 2 is 2.33 bits per heavy atom. The van der Waals surface area contributed by atoms with Crippen molar-refractivity contribution in [3.05, 3.63) is 39.4 Å². The van der Waals surface area contributed by atoms with Gasteiger partial charge in [0.25, 0.3) is 0 Å². The molecule has 0 bridgehead atoms. The van der Waals surface area contributed by atoms with Crippen LogP contribution in [-0.4, -0.2) is 22.8 Å².